The highest BCUT2D eigenvalue weighted by atomic mass is 16.1. The van der Waals surface area contributed by atoms with Crippen LogP contribution in [-0.4, -0.2) is 29.4 Å². The zero-order chi connectivity index (χ0) is 15.4. The number of nitrogens with one attached hydrogen (secondary N) is 1. The van der Waals surface area contributed by atoms with Gasteiger partial charge in [-0.05, 0) is 48.7 Å². The van der Waals surface area contributed by atoms with Gasteiger partial charge in [-0.15, -0.1) is 0 Å². The van der Waals surface area contributed by atoms with Gasteiger partial charge < -0.3 is 5.32 Å². The van der Waals surface area contributed by atoms with Crippen LogP contribution in [0.2, 0.25) is 0 Å². The number of amides is 1. The van der Waals surface area contributed by atoms with Crippen LogP contribution in [-0.2, 0) is 6.54 Å². The summed E-state index contributed by atoms with van der Waals surface area (Å²) in [6.07, 6.45) is 6.19. The summed E-state index contributed by atoms with van der Waals surface area (Å²) in [6, 6.07) is 12.5. The van der Waals surface area contributed by atoms with Crippen molar-refractivity contribution in [2.24, 2.45) is 0 Å². The molecular weight excluding hydrogens is 274 g/mol. The SMILES string of the molecule is CNC(=O)c1ccc(CN2CCCC2c2cccnc2)cc1. The van der Waals surface area contributed by atoms with Gasteiger partial charge >= 0.3 is 0 Å². The zero-order valence-corrected chi connectivity index (χ0v) is 12.8. The number of aromatic nitrogens is 1. The first-order chi connectivity index (χ1) is 10.8. The van der Waals surface area contributed by atoms with E-state index in [4.69, 9.17) is 0 Å². The molecule has 1 atom stereocenters. The molecule has 114 valence electrons. The maximum absolute atomic E-state index is 11.6. The van der Waals surface area contributed by atoms with E-state index in [9.17, 15) is 4.79 Å². The van der Waals surface area contributed by atoms with Gasteiger partial charge in [0.05, 0.1) is 0 Å². The summed E-state index contributed by atoms with van der Waals surface area (Å²) in [5.41, 5.74) is 3.24. The summed E-state index contributed by atoms with van der Waals surface area (Å²) < 4.78 is 0. The Morgan fingerprint density at radius 3 is 2.82 bits per heavy atom. The van der Waals surface area contributed by atoms with Gasteiger partial charge in [0.1, 0.15) is 0 Å². The Kier molecular flexibility index (Phi) is 4.49. The number of nitrogens with zero attached hydrogens (tertiary/aromatic N) is 2. The van der Waals surface area contributed by atoms with Crippen LogP contribution in [0.4, 0.5) is 0 Å². The lowest BCUT2D eigenvalue weighted by atomic mass is 10.1. The van der Waals surface area contributed by atoms with Crippen LogP contribution in [0, 0.1) is 0 Å². The molecule has 1 aliphatic heterocycles. The molecule has 0 aliphatic carbocycles. The van der Waals surface area contributed by atoms with E-state index in [2.05, 4.69) is 21.3 Å². The van der Waals surface area contributed by atoms with Gasteiger partial charge in [-0.1, -0.05) is 18.2 Å². The number of hydrogen-bond acceptors (Lipinski definition) is 3. The number of benzene rings is 1. The van der Waals surface area contributed by atoms with Crippen molar-refractivity contribution in [3.8, 4) is 0 Å². The lowest BCUT2D eigenvalue weighted by molar-refractivity contribution is 0.0963. The Labute approximate surface area is 131 Å². The molecule has 1 fully saturated rings. The monoisotopic (exact) mass is 295 g/mol. The lowest BCUT2D eigenvalue weighted by Crippen LogP contribution is -2.23. The molecule has 4 nitrogen and oxygen atoms in total. The average molecular weight is 295 g/mol. The Morgan fingerprint density at radius 2 is 2.14 bits per heavy atom. The lowest BCUT2D eigenvalue weighted by Gasteiger charge is -2.24. The highest BCUT2D eigenvalue weighted by Gasteiger charge is 2.25. The summed E-state index contributed by atoms with van der Waals surface area (Å²) in [5, 5.41) is 2.65. The normalized spacial score (nSPS) is 18.3. The average Bonchev–Trinajstić information content (AvgIpc) is 3.04. The molecule has 1 N–H and O–H groups in total. The second-order valence-corrected chi connectivity index (χ2v) is 5.69. The van der Waals surface area contributed by atoms with E-state index in [-0.39, 0.29) is 5.91 Å². The predicted molar refractivity (Wildman–Crippen MR) is 86.5 cm³/mol. The Hall–Kier alpha value is -2.20. The first-order valence-electron chi connectivity index (χ1n) is 7.73. The molecule has 4 heteroatoms. The number of hydrogen-bond donors (Lipinski definition) is 1. The van der Waals surface area contributed by atoms with E-state index >= 15 is 0 Å². The predicted octanol–water partition coefficient (Wildman–Crippen LogP) is 2.78. The molecule has 2 aromatic rings. The number of likely N-dealkylation sites (tertiary alicyclic amines) is 1. The van der Waals surface area contributed by atoms with Crippen molar-refractivity contribution < 1.29 is 4.79 Å². The molecule has 1 unspecified atom stereocenters. The maximum atomic E-state index is 11.6. The minimum atomic E-state index is -0.0408. The molecule has 0 radical (unpaired) electrons. The van der Waals surface area contributed by atoms with Gasteiger partial charge in [0.25, 0.3) is 5.91 Å². The molecule has 1 aromatic heterocycles. The van der Waals surface area contributed by atoms with Crippen LogP contribution >= 0.6 is 0 Å². The van der Waals surface area contributed by atoms with Crippen molar-refractivity contribution in [3.63, 3.8) is 0 Å². The Bertz CT molecular complexity index is 625. The van der Waals surface area contributed by atoms with E-state index in [0.29, 0.717) is 11.6 Å². The molecule has 22 heavy (non-hydrogen) atoms. The highest BCUT2D eigenvalue weighted by Crippen LogP contribution is 2.32. The summed E-state index contributed by atoms with van der Waals surface area (Å²) in [6.45, 7) is 2.02. The van der Waals surface area contributed by atoms with Crippen molar-refractivity contribution in [1.82, 2.24) is 15.2 Å². The molecule has 1 saturated heterocycles. The number of carbonyl (C=O) groups excluding carboxylic acids is 1. The van der Waals surface area contributed by atoms with Crippen LogP contribution in [0.25, 0.3) is 0 Å². The van der Waals surface area contributed by atoms with Gasteiger partial charge in [-0.25, -0.2) is 0 Å². The number of pyridine rings is 1. The quantitative estimate of drug-likeness (QED) is 0.943. The van der Waals surface area contributed by atoms with Gasteiger partial charge in [-0.2, -0.15) is 0 Å². The van der Waals surface area contributed by atoms with E-state index in [1.807, 2.05) is 42.7 Å². The summed E-state index contributed by atoms with van der Waals surface area (Å²) in [4.78, 5) is 18.3. The second kappa shape index (κ2) is 6.71. The van der Waals surface area contributed by atoms with Gasteiger partial charge in [0, 0.05) is 37.6 Å². The summed E-state index contributed by atoms with van der Waals surface area (Å²) >= 11 is 0. The van der Waals surface area contributed by atoms with Gasteiger partial charge in [0.2, 0.25) is 0 Å². The summed E-state index contributed by atoms with van der Waals surface area (Å²) in [7, 11) is 1.65. The molecule has 3 rings (SSSR count). The second-order valence-electron chi connectivity index (χ2n) is 5.69. The molecule has 0 bridgehead atoms. The standard InChI is InChI=1S/C18H21N3O/c1-19-18(22)15-8-6-14(7-9-15)13-21-11-3-5-17(21)16-4-2-10-20-12-16/h2,4,6-10,12,17H,3,5,11,13H2,1H3,(H,19,22). The van der Waals surface area contributed by atoms with E-state index in [0.717, 1.165) is 13.1 Å². The fourth-order valence-electron chi connectivity index (χ4n) is 3.11. The third-order valence-electron chi connectivity index (χ3n) is 4.26. The van der Waals surface area contributed by atoms with Crippen molar-refractivity contribution in [1.29, 1.82) is 0 Å². The Morgan fingerprint density at radius 1 is 1.32 bits per heavy atom. The van der Waals surface area contributed by atoms with Crippen LogP contribution in [0.1, 0.15) is 40.4 Å². The first kappa shape index (κ1) is 14.7. The topological polar surface area (TPSA) is 45.2 Å². The zero-order valence-electron chi connectivity index (χ0n) is 12.8. The fraction of sp³-hybridized carbons (Fsp3) is 0.333. The first-order valence-corrected chi connectivity index (χ1v) is 7.73. The third-order valence-corrected chi connectivity index (χ3v) is 4.26. The van der Waals surface area contributed by atoms with Crippen molar-refractivity contribution in [2.75, 3.05) is 13.6 Å². The van der Waals surface area contributed by atoms with Crippen LogP contribution in [0.3, 0.4) is 0 Å². The van der Waals surface area contributed by atoms with Crippen LogP contribution < -0.4 is 5.32 Å². The minimum Gasteiger partial charge on any atom is -0.355 e. The summed E-state index contributed by atoms with van der Waals surface area (Å²) in [5.74, 6) is -0.0408. The number of rotatable bonds is 4. The van der Waals surface area contributed by atoms with Crippen LogP contribution in [0.15, 0.2) is 48.8 Å². The molecule has 1 aromatic carbocycles. The Balaban J connectivity index is 1.71. The fourth-order valence-corrected chi connectivity index (χ4v) is 3.11. The largest absolute Gasteiger partial charge is 0.355 e. The van der Waals surface area contributed by atoms with Crippen molar-refractivity contribution in [3.05, 3.63) is 65.5 Å². The van der Waals surface area contributed by atoms with E-state index in [1.165, 1.54) is 24.0 Å². The molecule has 0 spiro atoms. The van der Waals surface area contributed by atoms with Gasteiger partial charge in [0.15, 0.2) is 0 Å². The van der Waals surface area contributed by atoms with Crippen molar-refractivity contribution in [2.45, 2.75) is 25.4 Å². The van der Waals surface area contributed by atoms with E-state index < -0.39 is 0 Å². The maximum Gasteiger partial charge on any atom is 0.251 e. The smallest absolute Gasteiger partial charge is 0.251 e. The van der Waals surface area contributed by atoms with Crippen LogP contribution in [0.5, 0.6) is 0 Å². The third kappa shape index (κ3) is 3.17. The molecule has 1 aliphatic rings. The van der Waals surface area contributed by atoms with Gasteiger partial charge in [-0.3, -0.25) is 14.7 Å². The van der Waals surface area contributed by atoms with Crippen molar-refractivity contribution >= 4 is 5.91 Å². The number of carbonyl (C=O) groups is 1. The molecule has 1 amide bonds. The van der Waals surface area contributed by atoms with E-state index in [1.54, 1.807) is 7.05 Å². The molecular formula is C18H21N3O. The molecule has 0 saturated carbocycles. The minimum absolute atomic E-state index is 0.0408. The highest BCUT2D eigenvalue weighted by molar-refractivity contribution is 5.93. The molecule has 2 heterocycles.